The fraction of sp³-hybridized carbons (Fsp3) is 0.278. The maximum atomic E-state index is 13.5. The van der Waals surface area contributed by atoms with Crippen LogP contribution in [0.4, 0.5) is 4.39 Å². The molecule has 24 heavy (non-hydrogen) atoms. The van der Waals surface area contributed by atoms with Crippen LogP contribution in [-0.4, -0.2) is 30.7 Å². The van der Waals surface area contributed by atoms with Crippen molar-refractivity contribution in [2.75, 3.05) is 19.9 Å². The van der Waals surface area contributed by atoms with Crippen LogP contribution in [0, 0.1) is 5.82 Å². The molecule has 6 heteroatoms. The van der Waals surface area contributed by atoms with Crippen LogP contribution in [0.15, 0.2) is 40.9 Å². The van der Waals surface area contributed by atoms with Gasteiger partial charge in [-0.3, -0.25) is 4.79 Å². The summed E-state index contributed by atoms with van der Waals surface area (Å²) in [5, 5.41) is 0. The van der Waals surface area contributed by atoms with Crippen molar-refractivity contribution >= 4 is 21.8 Å². The summed E-state index contributed by atoms with van der Waals surface area (Å²) < 4.78 is 24.8. The summed E-state index contributed by atoms with van der Waals surface area (Å²) in [6.07, 6.45) is 0.877. The Kier molecular flexibility index (Phi) is 3.92. The van der Waals surface area contributed by atoms with Gasteiger partial charge in [-0.15, -0.1) is 0 Å². The van der Waals surface area contributed by atoms with Crippen molar-refractivity contribution < 1.29 is 18.7 Å². The third-order valence-corrected chi connectivity index (χ3v) is 4.91. The van der Waals surface area contributed by atoms with E-state index >= 15 is 0 Å². The fourth-order valence-electron chi connectivity index (χ4n) is 3.24. The van der Waals surface area contributed by atoms with Gasteiger partial charge < -0.3 is 14.4 Å². The molecule has 2 aromatic carbocycles. The molecule has 0 aromatic heterocycles. The predicted octanol–water partition coefficient (Wildman–Crippen LogP) is 3.95. The van der Waals surface area contributed by atoms with Crippen LogP contribution in [0.3, 0.4) is 0 Å². The molecule has 2 heterocycles. The number of rotatable bonds is 2. The Morgan fingerprint density at radius 3 is 2.83 bits per heavy atom. The highest BCUT2D eigenvalue weighted by atomic mass is 79.9. The minimum Gasteiger partial charge on any atom is -0.454 e. The Balaban J connectivity index is 1.51. The summed E-state index contributed by atoms with van der Waals surface area (Å²) in [6.45, 7) is 1.53. The van der Waals surface area contributed by atoms with E-state index in [0.717, 1.165) is 23.5 Å². The molecule has 0 N–H and O–H groups in total. The van der Waals surface area contributed by atoms with Crippen LogP contribution in [0.2, 0.25) is 0 Å². The first kappa shape index (κ1) is 15.4. The Bertz CT molecular complexity index is 791. The minimum absolute atomic E-state index is 0.140. The van der Waals surface area contributed by atoms with E-state index in [0.29, 0.717) is 23.1 Å². The molecular weight excluding hydrogens is 377 g/mol. The predicted molar refractivity (Wildman–Crippen MR) is 89.9 cm³/mol. The van der Waals surface area contributed by atoms with Gasteiger partial charge in [0.05, 0.1) is 0 Å². The number of ether oxygens (including phenoxy) is 2. The second kappa shape index (κ2) is 6.09. The minimum atomic E-state index is -0.417. The number of carbonyl (C=O) groups is 1. The summed E-state index contributed by atoms with van der Waals surface area (Å²) in [5.41, 5.74) is 1.50. The molecule has 4 rings (SSSR count). The Labute approximate surface area is 147 Å². The van der Waals surface area contributed by atoms with Gasteiger partial charge in [-0.05, 0) is 42.3 Å². The number of likely N-dealkylation sites (tertiary alicyclic amines) is 1. The summed E-state index contributed by atoms with van der Waals surface area (Å²) in [5.74, 6) is 1.21. The molecule has 4 nitrogen and oxygen atoms in total. The Morgan fingerprint density at radius 2 is 2.00 bits per heavy atom. The molecule has 1 saturated heterocycles. The van der Waals surface area contributed by atoms with E-state index < -0.39 is 5.82 Å². The summed E-state index contributed by atoms with van der Waals surface area (Å²) in [4.78, 5) is 14.4. The Morgan fingerprint density at radius 1 is 1.17 bits per heavy atom. The molecule has 0 spiro atoms. The van der Waals surface area contributed by atoms with Gasteiger partial charge in [-0.25, -0.2) is 4.39 Å². The van der Waals surface area contributed by atoms with Gasteiger partial charge >= 0.3 is 0 Å². The number of benzene rings is 2. The lowest BCUT2D eigenvalue weighted by atomic mass is 9.98. The lowest BCUT2D eigenvalue weighted by molar-refractivity contribution is 0.0790. The Hall–Kier alpha value is -2.08. The van der Waals surface area contributed by atoms with Crippen molar-refractivity contribution in [3.63, 3.8) is 0 Å². The summed E-state index contributed by atoms with van der Waals surface area (Å²) >= 11 is 3.23. The third-order valence-electron chi connectivity index (χ3n) is 4.45. The topological polar surface area (TPSA) is 38.8 Å². The molecule has 1 amide bonds. The van der Waals surface area contributed by atoms with Crippen LogP contribution in [0.25, 0.3) is 0 Å². The average Bonchev–Trinajstić information content (AvgIpc) is 3.21. The van der Waals surface area contributed by atoms with E-state index in [1.165, 1.54) is 12.1 Å². The fourth-order valence-corrected chi connectivity index (χ4v) is 3.71. The van der Waals surface area contributed by atoms with Crippen LogP contribution < -0.4 is 9.47 Å². The molecule has 0 saturated carbocycles. The van der Waals surface area contributed by atoms with Crippen molar-refractivity contribution in [2.45, 2.75) is 12.3 Å². The van der Waals surface area contributed by atoms with E-state index in [1.807, 2.05) is 18.2 Å². The monoisotopic (exact) mass is 391 g/mol. The standard InChI is InChI=1S/C18H15BrFNO3/c19-14-5-13(6-15(20)8-14)18(22)21-4-3-12(9-21)11-1-2-16-17(7-11)24-10-23-16/h1-2,5-8,12H,3-4,9-10H2. The van der Waals surface area contributed by atoms with Crippen molar-refractivity contribution in [2.24, 2.45) is 0 Å². The van der Waals surface area contributed by atoms with Crippen molar-refractivity contribution in [1.82, 2.24) is 4.90 Å². The number of amides is 1. The van der Waals surface area contributed by atoms with E-state index in [4.69, 9.17) is 9.47 Å². The maximum Gasteiger partial charge on any atom is 0.254 e. The first-order valence-corrected chi connectivity index (χ1v) is 8.54. The van der Waals surface area contributed by atoms with Gasteiger partial charge in [0.25, 0.3) is 5.91 Å². The normalized spacial score (nSPS) is 18.9. The van der Waals surface area contributed by atoms with Gasteiger partial charge in [-0.2, -0.15) is 0 Å². The molecule has 0 bridgehead atoms. The highest BCUT2D eigenvalue weighted by Gasteiger charge is 2.29. The number of hydrogen-bond donors (Lipinski definition) is 0. The van der Waals surface area contributed by atoms with Crippen molar-refractivity contribution in [3.8, 4) is 11.5 Å². The molecule has 1 atom stereocenters. The molecule has 2 aliphatic heterocycles. The van der Waals surface area contributed by atoms with E-state index in [2.05, 4.69) is 15.9 Å². The molecule has 2 aromatic rings. The van der Waals surface area contributed by atoms with Crippen LogP contribution >= 0.6 is 15.9 Å². The second-order valence-corrected chi connectivity index (χ2v) is 6.92. The molecule has 1 fully saturated rings. The second-order valence-electron chi connectivity index (χ2n) is 6.01. The number of hydrogen-bond acceptors (Lipinski definition) is 3. The lowest BCUT2D eigenvalue weighted by Crippen LogP contribution is -2.28. The van der Waals surface area contributed by atoms with Gasteiger partial charge in [0, 0.05) is 29.0 Å². The van der Waals surface area contributed by atoms with Crippen LogP contribution in [0.5, 0.6) is 11.5 Å². The third kappa shape index (κ3) is 2.86. The first-order chi connectivity index (χ1) is 11.6. The highest BCUT2D eigenvalue weighted by Crippen LogP contribution is 2.37. The van der Waals surface area contributed by atoms with Crippen LogP contribution in [0.1, 0.15) is 28.3 Å². The number of carbonyl (C=O) groups excluding carboxylic acids is 1. The lowest BCUT2D eigenvalue weighted by Gasteiger charge is -2.17. The van der Waals surface area contributed by atoms with E-state index in [1.54, 1.807) is 11.0 Å². The number of fused-ring (bicyclic) bond motifs is 1. The molecule has 124 valence electrons. The molecule has 2 aliphatic rings. The van der Waals surface area contributed by atoms with Gasteiger partial charge in [-0.1, -0.05) is 22.0 Å². The number of halogens is 2. The molecule has 0 radical (unpaired) electrons. The zero-order valence-electron chi connectivity index (χ0n) is 12.8. The zero-order valence-corrected chi connectivity index (χ0v) is 14.4. The molecular formula is C18H15BrFNO3. The zero-order chi connectivity index (χ0) is 16.7. The smallest absolute Gasteiger partial charge is 0.254 e. The van der Waals surface area contributed by atoms with Crippen molar-refractivity contribution in [1.29, 1.82) is 0 Å². The average molecular weight is 392 g/mol. The van der Waals surface area contributed by atoms with Gasteiger partial charge in [0.2, 0.25) is 6.79 Å². The summed E-state index contributed by atoms with van der Waals surface area (Å²) in [7, 11) is 0. The number of nitrogens with zero attached hydrogens (tertiary/aromatic N) is 1. The van der Waals surface area contributed by atoms with Gasteiger partial charge in [0.1, 0.15) is 5.82 Å². The van der Waals surface area contributed by atoms with Crippen LogP contribution in [-0.2, 0) is 0 Å². The maximum absolute atomic E-state index is 13.5. The van der Waals surface area contributed by atoms with E-state index in [9.17, 15) is 9.18 Å². The van der Waals surface area contributed by atoms with Gasteiger partial charge in [0.15, 0.2) is 11.5 Å². The summed E-state index contributed by atoms with van der Waals surface area (Å²) in [6, 6.07) is 10.2. The SMILES string of the molecule is O=C(c1cc(F)cc(Br)c1)N1CCC(c2ccc3c(c2)OCO3)C1. The molecule has 1 unspecified atom stereocenters. The highest BCUT2D eigenvalue weighted by molar-refractivity contribution is 9.10. The first-order valence-electron chi connectivity index (χ1n) is 7.75. The quantitative estimate of drug-likeness (QED) is 0.777. The molecule has 0 aliphatic carbocycles. The van der Waals surface area contributed by atoms with Crippen molar-refractivity contribution in [3.05, 3.63) is 57.8 Å². The largest absolute Gasteiger partial charge is 0.454 e. The van der Waals surface area contributed by atoms with E-state index in [-0.39, 0.29) is 18.6 Å².